The fourth-order valence-electron chi connectivity index (χ4n) is 2.77. The number of ether oxygens (including phenoxy) is 1. The molecule has 0 radical (unpaired) electrons. The highest BCUT2D eigenvalue weighted by Gasteiger charge is 2.37. The van der Waals surface area contributed by atoms with E-state index in [0.29, 0.717) is 11.7 Å². The Morgan fingerprint density at radius 3 is 2.44 bits per heavy atom. The van der Waals surface area contributed by atoms with E-state index in [9.17, 15) is 4.79 Å². The molecule has 0 fully saturated rings. The normalized spacial score (nSPS) is 23.3. The zero-order valence-electron chi connectivity index (χ0n) is 10.1. The van der Waals surface area contributed by atoms with Crippen LogP contribution in [0.5, 0.6) is 5.75 Å². The average Bonchev–Trinajstić information content (AvgIpc) is 2.60. The van der Waals surface area contributed by atoms with Crippen molar-refractivity contribution in [3.05, 3.63) is 29.3 Å². The first-order valence-corrected chi connectivity index (χ1v) is 5.95. The summed E-state index contributed by atoms with van der Waals surface area (Å²) in [6.07, 6.45) is 1.96. The van der Waals surface area contributed by atoms with E-state index in [1.165, 1.54) is 5.56 Å². The number of fused-ring (bicyclic) bond motifs is 1. The minimum Gasteiger partial charge on any atom is -0.497 e. The zero-order valence-corrected chi connectivity index (χ0v) is 10.1. The Balaban J connectivity index is 2.48. The molecule has 0 bridgehead atoms. The molecule has 86 valence electrons. The van der Waals surface area contributed by atoms with Crippen LogP contribution in [0, 0.1) is 5.92 Å². The fraction of sp³-hybridized carbons (Fsp3) is 0.500. The molecule has 2 rings (SSSR count). The van der Waals surface area contributed by atoms with Crippen LogP contribution in [0.15, 0.2) is 18.2 Å². The number of carbonyl (C=O) groups excluding carboxylic acids is 1. The highest BCUT2D eigenvalue weighted by atomic mass is 16.5. The van der Waals surface area contributed by atoms with Crippen LogP contribution >= 0.6 is 0 Å². The molecular formula is C14H18O2. The maximum atomic E-state index is 12.2. The summed E-state index contributed by atoms with van der Waals surface area (Å²) in [4.78, 5) is 12.2. The van der Waals surface area contributed by atoms with Gasteiger partial charge in [0.1, 0.15) is 5.75 Å². The van der Waals surface area contributed by atoms with E-state index in [-0.39, 0.29) is 5.92 Å². The lowest BCUT2D eigenvalue weighted by Gasteiger charge is -2.15. The van der Waals surface area contributed by atoms with Crippen LogP contribution in [0.2, 0.25) is 0 Å². The highest BCUT2D eigenvalue weighted by molar-refractivity contribution is 6.03. The summed E-state index contributed by atoms with van der Waals surface area (Å²) in [5, 5.41) is 0. The van der Waals surface area contributed by atoms with Crippen molar-refractivity contribution in [3.8, 4) is 5.75 Å². The zero-order chi connectivity index (χ0) is 11.7. The molecule has 0 amide bonds. The molecule has 0 aliphatic heterocycles. The van der Waals surface area contributed by atoms with Crippen LogP contribution in [0.1, 0.15) is 48.5 Å². The molecule has 1 aromatic rings. The summed E-state index contributed by atoms with van der Waals surface area (Å²) >= 11 is 0. The molecule has 1 aliphatic rings. The van der Waals surface area contributed by atoms with E-state index >= 15 is 0 Å². The quantitative estimate of drug-likeness (QED) is 0.777. The Kier molecular flexibility index (Phi) is 2.99. The van der Waals surface area contributed by atoms with Gasteiger partial charge in [0.05, 0.1) is 7.11 Å². The van der Waals surface area contributed by atoms with Crippen LogP contribution in [0.4, 0.5) is 0 Å². The number of hydrogen-bond acceptors (Lipinski definition) is 2. The number of benzene rings is 1. The number of Topliss-reactive ketones (excluding diaryl/α,β-unsaturated/α-hetero) is 1. The van der Waals surface area contributed by atoms with Gasteiger partial charge >= 0.3 is 0 Å². The third-order valence-electron chi connectivity index (χ3n) is 3.63. The van der Waals surface area contributed by atoms with Gasteiger partial charge in [0.2, 0.25) is 0 Å². The Morgan fingerprint density at radius 2 is 1.88 bits per heavy atom. The summed E-state index contributed by atoms with van der Waals surface area (Å²) in [7, 11) is 1.63. The standard InChI is InChI=1S/C14H18O2/c1-4-10-11(5-2)14(15)13-8-9(16-3)6-7-12(10)13/h6-8,10-11H,4-5H2,1-3H3/t10-,11+/m1/s1. The highest BCUT2D eigenvalue weighted by Crippen LogP contribution is 2.42. The van der Waals surface area contributed by atoms with Gasteiger partial charge in [-0.2, -0.15) is 0 Å². The number of hydrogen-bond donors (Lipinski definition) is 0. The number of carbonyl (C=O) groups is 1. The fourth-order valence-corrected chi connectivity index (χ4v) is 2.77. The first-order chi connectivity index (χ1) is 7.72. The Hall–Kier alpha value is -1.31. The van der Waals surface area contributed by atoms with Gasteiger partial charge in [-0.3, -0.25) is 4.79 Å². The van der Waals surface area contributed by atoms with E-state index in [1.807, 2.05) is 12.1 Å². The van der Waals surface area contributed by atoms with E-state index < -0.39 is 0 Å². The van der Waals surface area contributed by atoms with Gasteiger partial charge in [0.25, 0.3) is 0 Å². The number of rotatable bonds is 3. The second kappa shape index (κ2) is 4.28. The second-order valence-corrected chi connectivity index (χ2v) is 4.35. The predicted octanol–water partition coefficient (Wildman–Crippen LogP) is 3.41. The van der Waals surface area contributed by atoms with Gasteiger partial charge < -0.3 is 4.74 Å². The number of methoxy groups -OCH3 is 1. The van der Waals surface area contributed by atoms with E-state index in [0.717, 1.165) is 24.2 Å². The van der Waals surface area contributed by atoms with Crippen molar-refractivity contribution in [1.29, 1.82) is 0 Å². The molecule has 2 nitrogen and oxygen atoms in total. The van der Waals surface area contributed by atoms with E-state index in [2.05, 4.69) is 19.9 Å². The molecule has 0 saturated heterocycles. The van der Waals surface area contributed by atoms with Crippen LogP contribution in [0.25, 0.3) is 0 Å². The molecule has 0 N–H and O–H groups in total. The lowest BCUT2D eigenvalue weighted by Crippen LogP contribution is -2.11. The summed E-state index contributed by atoms with van der Waals surface area (Å²) in [6, 6.07) is 5.89. The van der Waals surface area contributed by atoms with Crippen molar-refractivity contribution >= 4 is 5.78 Å². The summed E-state index contributed by atoms with van der Waals surface area (Å²) in [5.41, 5.74) is 2.08. The van der Waals surface area contributed by atoms with Crippen molar-refractivity contribution in [2.24, 2.45) is 5.92 Å². The second-order valence-electron chi connectivity index (χ2n) is 4.35. The monoisotopic (exact) mass is 218 g/mol. The van der Waals surface area contributed by atoms with Gasteiger partial charge in [-0.1, -0.05) is 19.9 Å². The largest absolute Gasteiger partial charge is 0.497 e. The average molecular weight is 218 g/mol. The number of ketones is 1. The Morgan fingerprint density at radius 1 is 1.19 bits per heavy atom. The molecule has 16 heavy (non-hydrogen) atoms. The topological polar surface area (TPSA) is 26.3 Å². The lowest BCUT2D eigenvalue weighted by atomic mass is 9.88. The van der Waals surface area contributed by atoms with E-state index in [1.54, 1.807) is 7.11 Å². The van der Waals surface area contributed by atoms with Crippen LogP contribution in [-0.4, -0.2) is 12.9 Å². The third-order valence-corrected chi connectivity index (χ3v) is 3.63. The molecule has 0 aromatic heterocycles. The van der Waals surface area contributed by atoms with Crippen molar-refractivity contribution in [2.75, 3.05) is 7.11 Å². The summed E-state index contributed by atoms with van der Waals surface area (Å²) < 4.78 is 5.17. The van der Waals surface area contributed by atoms with Gasteiger partial charge in [-0.05, 0) is 36.5 Å². The molecule has 2 atom stereocenters. The van der Waals surface area contributed by atoms with Crippen molar-refractivity contribution < 1.29 is 9.53 Å². The molecule has 1 aromatic carbocycles. The van der Waals surface area contributed by atoms with Crippen molar-refractivity contribution in [3.63, 3.8) is 0 Å². The minimum atomic E-state index is 0.173. The molecule has 0 unspecified atom stereocenters. The van der Waals surface area contributed by atoms with E-state index in [4.69, 9.17) is 4.74 Å². The van der Waals surface area contributed by atoms with Crippen LogP contribution < -0.4 is 4.74 Å². The SMILES string of the molecule is CC[C@@H]1C(=O)c2cc(OC)ccc2[C@@H]1CC. The van der Waals surface area contributed by atoms with Gasteiger partial charge in [-0.15, -0.1) is 0 Å². The third kappa shape index (κ3) is 1.53. The van der Waals surface area contributed by atoms with Gasteiger partial charge in [0, 0.05) is 11.5 Å². The summed E-state index contributed by atoms with van der Waals surface area (Å²) in [5.74, 6) is 1.65. The van der Waals surface area contributed by atoms with Crippen LogP contribution in [-0.2, 0) is 0 Å². The van der Waals surface area contributed by atoms with Gasteiger partial charge in [0.15, 0.2) is 5.78 Å². The maximum absolute atomic E-state index is 12.2. The van der Waals surface area contributed by atoms with Crippen molar-refractivity contribution in [1.82, 2.24) is 0 Å². The Bertz CT molecular complexity index is 409. The maximum Gasteiger partial charge on any atom is 0.166 e. The van der Waals surface area contributed by atoms with Crippen LogP contribution in [0.3, 0.4) is 0 Å². The minimum absolute atomic E-state index is 0.173. The first-order valence-electron chi connectivity index (χ1n) is 5.95. The molecule has 1 aliphatic carbocycles. The first kappa shape index (κ1) is 11.2. The molecular weight excluding hydrogens is 200 g/mol. The molecule has 0 spiro atoms. The predicted molar refractivity (Wildman–Crippen MR) is 64.1 cm³/mol. The van der Waals surface area contributed by atoms with Crippen molar-refractivity contribution in [2.45, 2.75) is 32.6 Å². The Labute approximate surface area is 96.6 Å². The smallest absolute Gasteiger partial charge is 0.166 e. The molecule has 2 heteroatoms. The molecule has 0 saturated carbocycles. The lowest BCUT2D eigenvalue weighted by molar-refractivity contribution is 0.0918. The van der Waals surface area contributed by atoms with Gasteiger partial charge in [-0.25, -0.2) is 0 Å². The summed E-state index contributed by atoms with van der Waals surface area (Å²) in [6.45, 7) is 4.24. The molecule has 0 heterocycles.